The van der Waals surface area contributed by atoms with Gasteiger partial charge >= 0.3 is 0 Å². The Balaban J connectivity index is 0. The molecular formula is C18H40F2N2. The normalized spacial score (nSPS) is 21.4. The molecule has 0 amide bonds. The van der Waals surface area contributed by atoms with E-state index in [1.807, 2.05) is 13.8 Å². The van der Waals surface area contributed by atoms with E-state index in [0.717, 1.165) is 31.8 Å². The molecule has 1 atom stereocenters. The minimum absolute atomic E-state index is 0.500. The Kier molecular flexibility index (Phi) is 18.7. The Morgan fingerprint density at radius 1 is 1.00 bits per heavy atom. The first kappa shape index (κ1) is 24.0. The average molecular weight is 323 g/mol. The zero-order valence-corrected chi connectivity index (χ0v) is 15.9. The molecule has 2 aliphatic rings. The third-order valence-electron chi connectivity index (χ3n) is 3.58. The summed E-state index contributed by atoms with van der Waals surface area (Å²) in [7, 11) is 0.500. The largest absolute Gasteiger partial charge is 0.303 e. The van der Waals surface area contributed by atoms with Crippen molar-refractivity contribution in [1.29, 1.82) is 0 Å². The van der Waals surface area contributed by atoms with E-state index in [1.165, 1.54) is 32.5 Å². The van der Waals surface area contributed by atoms with Gasteiger partial charge in [-0.1, -0.05) is 34.6 Å². The highest BCUT2D eigenvalue weighted by molar-refractivity contribution is 4.73. The van der Waals surface area contributed by atoms with E-state index in [4.69, 9.17) is 0 Å². The lowest BCUT2D eigenvalue weighted by atomic mass is 10.2. The number of hydrogen-bond acceptors (Lipinski definition) is 2. The summed E-state index contributed by atoms with van der Waals surface area (Å²) in [5.41, 5.74) is 0. The van der Waals surface area contributed by atoms with Gasteiger partial charge in [-0.25, -0.2) is 4.39 Å². The molecule has 0 N–H and O–H groups in total. The second-order valence-electron chi connectivity index (χ2n) is 6.09. The first-order valence-corrected chi connectivity index (χ1v) is 9.08. The van der Waals surface area contributed by atoms with E-state index in [1.54, 1.807) is 0 Å². The minimum atomic E-state index is -0.545. The first-order chi connectivity index (χ1) is 10.6. The molecule has 2 heterocycles. The van der Waals surface area contributed by atoms with Crippen molar-refractivity contribution >= 4 is 0 Å². The van der Waals surface area contributed by atoms with Crippen LogP contribution >= 0.6 is 0 Å². The number of alkyl halides is 2. The average Bonchev–Trinajstić information content (AvgIpc) is 3.16. The molecule has 0 aromatic carbocycles. The summed E-state index contributed by atoms with van der Waals surface area (Å²) in [6, 6.07) is 0. The molecule has 0 aromatic heterocycles. The molecular weight excluding hydrogens is 282 g/mol. The highest BCUT2D eigenvalue weighted by atomic mass is 19.1. The van der Waals surface area contributed by atoms with Crippen molar-refractivity contribution < 1.29 is 8.78 Å². The molecule has 0 saturated carbocycles. The predicted octanol–water partition coefficient (Wildman–Crippen LogP) is 4.79. The lowest BCUT2D eigenvalue weighted by Crippen LogP contribution is -2.23. The molecule has 2 rings (SSSR count). The van der Waals surface area contributed by atoms with Gasteiger partial charge in [0.25, 0.3) is 0 Å². The van der Waals surface area contributed by atoms with E-state index in [-0.39, 0.29) is 0 Å². The van der Waals surface area contributed by atoms with Crippen LogP contribution in [0.4, 0.5) is 8.78 Å². The van der Waals surface area contributed by atoms with Gasteiger partial charge in [-0.2, -0.15) is 0 Å². The molecule has 1 unspecified atom stereocenters. The standard InChI is InChI=1S/C8H17N.C7H14FN.C2H6.CH3F/c1-8(2)7-9-5-3-4-6-9;1-2-4-9-5-3-7(8)6-9;2*1-2/h8H,3-7H2,1-2H3;7H,2-6H2,1H3;1-2H3;1H3. The minimum Gasteiger partial charge on any atom is -0.303 e. The fourth-order valence-electron chi connectivity index (χ4n) is 2.79. The van der Waals surface area contributed by atoms with Crippen LogP contribution in [0, 0.1) is 5.92 Å². The SMILES string of the molecule is CC.CC(C)CN1CCCC1.CCCN1CCC(F)C1.CF. The van der Waals surface area contributed by atoms with Crippen LogP contribution in [0.2, 0.25) is 0 Å². The van der Waals surface area contributed by atoms with Crippen LogP contribution in [0.5, 0.6) is 0 Å². The van der Waals surface area contributed by atoms with Crippen LogP contribution in [0.25, 0.3) is 0 Å². The molecule has 136 valence electrons. The summed E-state index contributed by atoms with van der Waals surface area (Å²) in [6.45, 7) is 17.4. The van der Waals surface area contributed by atoms with E-state index in [2.05, 4.69) is 30.6 Å². The summed E-state index contributed by atoms with van der Waals surface area (Å²) in [6.07, 6.45) is 4.20. The summed E-state index contributed by atoms with van der Waals surface area (Å²) in [4.78, 5) is 4.75. The number of halogens is 2. The number of hydrogen-bond donors (Lipinski definition) is 0. The monoisotopic (exact) mass is 322 g/mol. The van der Waals surface area contributed by atoms with E-state index in [0.29, 0.717) is 13.7 Å². The summed E-state index contributed by atoms with van der Waals surface area (Å²) < 4.78 is 22.0. The maximum Gasteiger partial charge on any atom is 0.114 e. The van der Waals surface area contributed by atoms with Gasteiger partial charge in [0.1, 0.15) is 6.17 Å². The van der Waals surface area contributed by atoms with Crippen molar-refractivity contribution in [3.63, 3.8) is 0 Å². The van der Waals surface area contributed by atoms with Gasteiger partial charge in [-0.15, -0.1) is 0 Å². The highest BCUT2D eigenvalue weighted by Crippen LogP contribution is 2.11. The molecule has 0 aromatic rings. The van der Waals surface area contributed by atoms with Crippen molar-refractivity contribution in [2.75, 3.05) is 46.4 Å². The Labute approximate surface area is 138 Å². The van der Waals surface area contributed by atoms with Gasteiger partial charge in [0.2, 0.25) is 0 Å². The topological polar surface area (TPSA) is 6.48 Å². The molecule has 0 spiro atoms. The molecule has 2 fully saturated rings. The number of likely N-dealkylation sites (tertiary alicyclic amines) is 2. The molecule has 2 aliphatic heterocycles. The van der Waals surface area contributed by atoms with Gasteiger partial charge in [0.15, 0.2) is 0 Å². The fraction of sp³-hybridized carbons (Fsp3) is 1.00. The lowest BCUT2D eigenvalue weighted by molar-refractivity contribution is 0.288. The van der Waals surface area contributed by atoms with Crippen molar-refractivity contribution in [3.8, 4) is 0 Å². The van der Waals surface area contributed by atoms with Gasteiger partial charge in [-0.05, 0) is 51.2 Å². The number of rotatable bonds is 4. The second-order valence-corrected chi connectivity index (χ2v) is 6.09. The molecule has 22 heavy (non-hydrogen) atoms. The molecule has 0 aliphatic carbocycles. The second kappa shape index (κ2) is 17.1. The molecule has 0 radical (unpaired) electrons. The van der Waals surface area contributed by atoms with Crippen molar-refractivity contribution in [1.82, 2.24) is 9.80 Å². The van der Waals surface area contributed by atoms with Crippen LogP contribution in [0.15, 0.2) is 0 Å². The van der Waals surface area contributed by atoms with Crippen molar-refractivity contribution in [3.05, 3.63) is 0 Å². The van der Waals surface area contributed by atoms with Crippen LogP contribution in [0.1, 0.15) is 60.3 Å². The van der Waals surface area contributed by atoms with E-state index in [9.17, 15) is 8.78 Å². The highest BCUT2D eigenvalue weighted by Gasteiger charge is 2.19. The van der Waals surface area contributed by atoms with E-state index >= 15 is 0 Å². The van der Waals surface area contributed by atoms with E-state index < -0.39 is 6.17 Å². The van der Waals surface area contributed by atoms with Crippen molar-refractivity contribution in [2.24, 2.45) is 5.92 Å². The molecule has 2 saturated heterocycles. The zero-order valence-electron chi connectivity index (χ0n) is 15.9. The van der Waals surface area contributed by atoms with Crippen LogP contribution in [0.3, 0.4) is 0 Å². The first-order valence-electron chi connectivity index (χ1n) is 9.08. The van der Waals surface area contributed by atoms with Gasteiger partial charge in [0, 0.05) is 19.6 Å². The van der Waals surface area contributed by atoms with Gasteiger partial charge in [0.05, 0.1) is 7.18 Å². The van der Waals surface area contributed by atoms with Crippen molar-refractivity contribution in [2.45, 2.75) is 66.5 Å². The molecule has 0 bridgehead atoms. The Morgan fingerprint density at radius 2 is 1.55 bits per heavy atom. The van der Waals surface area contributed by atoms with Crippen LogP contribution in [-0.4, -0.2) is 62.4 Å². The Bertz CT molecular complexity index is 205. The Hall–Kier alpha value is -0.220. The Morgan fingerprint density at radius 3 is 1.91 bits per heavy atom. The maximum atomic E-state index is 12.5. The maximum absolute atomic E-state index is 12.5. The fourth-order valence-corrected chi connectivity index (χ4v) is 2.79. The van der Waals surface area contributed by atoms with Gasteiger partial charge < -0.3 is 9.80 Å². The third-order valence-corrected chi connectivity index (χ3v) is 3.58. The van der Waals surface area contributed by atoms with Gasteiger partial charge in [-0.3, -0.25) is 4.39 Å². The molecule has 4 heteroatoms. The lowest BCUT2D eigenvalue weighted by Gasteiger charge is -2.16. The summed E-state index contributed by atoms with van der Waals surface area (Å²) >= 11 is 0. The van der Waals surface area contributed by atoms with Crippen LogP contribution in [-0.2, 0) is 0 Å². The summed E-state index contributed by atoms with van der Waals surface area (Å²) in [5, 5.41) is 0. The molecule has 2 nitrogen and oxygen atoms in total. The quantitative estimate of drug-likeness (QED) is 0.734. The zero-order chi connectivity index (χ0) is 17.4. The summed E-state index contributed by atoms with van der Waals surface area (Å²) in [5.74, 6) is 0.850. The number of nitrogens with zero attached hydrogens (tertiary/aromatic N) is 2. The smallest absolute Gasteiger partial charge is 0.114 e. The predicted molar refractivity (Wildman–Crippen MR) is 95.1 cm³/mol. The van der Waals surface area contributed by atoms with Crippen LogP contribution < -0.4 is 0 Å². The third kappa shape index (κ3) is 13.4.